The van der Waals surface area contributed by atoms with Gasteiger partial charge in [-0.2, -0.15) is 0 Å². The first-order valence-electron chi connectivity index (χ1n) is 10.9. The zero-order valence-corrected chi connectivity index (χ0v) is 19.3. The molecular formula is C26H23FN2O6. The van der Waals surface area contributed by atoms with Crippen LogP contribution in [0.25, 0.3) is 0 Å². The number of benzene rings is 3. The molecule has 2 heterocycles. The van der Waals surface area contributed by atoms with Gasteiger partial charge in [-0.3, -0.25) is 14.4 Å². The van der Waals surface area contributed by atoms with Crippen molar-refractivity contribution in [3.63, 3.8) is 0 Å². The highest BCUT2D eigenvalue weighted by Crippen LogP contribution is 2.51. The average molecular weight is 478 g/mol. The van der Waals surface area contributed by atoms with E-state index in [2.05, 4.69) is 0 Å². The molecule has 0 radical (unpaired) electrons. The summed E-state index contributed by atoms with van der Waals surface area (Å²) in [5.41, 5.74) is 1.09. The van der Waals surface area contributed by atoms with Crippen LogP contribution >= 0.6 is 0 Å². The molecule has 0 aliphatic carbocycles. The van der Waals surface area contributed by atoms with E-state index in [1.165, 1.54) is 44.6 Å². The van der Waals surface area contributed by atoms with E-state index in [9.17, 15) is 14.0 Å². The molecule has 35 heavy (non-hydrogen) atoms. The van der Waals surface area contributed by atoms with Gasteiger partial charge in [0.1, 0.15) is 23.5 Å². The summed E-state index contributed by atoms with van der Waals surface area (Å²) in [6.07, 6.45) is -1.15. The van der Waals surface area contributed by atoms with Crippen molar-refractivity contribution in [3.05, 3.63) is 78.1 Å². The number of fused-ring (bicyclic) bond motifs is 1. The van der Waals surface area contributed by atoms with Crippen LogP contribution in [0.1, 0.15) is 11.6 Å². The van der Waals surface area contributed by atoms with Gasteiger partial charge in [-0.05, 0) is 30.3 Å². The van der Waals surface area contributed by atoms with Gasteiger partial charge in [-0.15, -0.1) is 0 Å². The number of rotatable bonds is 6. The first-order chi connectivity index (χ1) is 17.0. The predicted octanol–water partition coefficient (Wildman–Crippen LogP) is 3.90. The fourth-order valence-corrected chi connectivity index (χ4v) is 4.68. The minimum absolute atomic E-state index is 0.107. The third-order valence-electron chi connectivity index (χ3n) is 6.27. The van der Waals surface area contributed by atoms with Crippen molar-refractivity contribution in [2.24, 2.45) is 5.92 Å². The van der Waals surface area contributed by atoms with Crippen LogP contribution in [0.2, 0.25) is 0 Å². The largest absolute Gasteiger partial charge is 0.496 e. The molecule has 2 amide bonds. The Morgan fingerprint density at radius 3 is 2.09 bits per heavy atom. The Hall–Kier alpha value is -4.11. The smallest absolute Gasteiger partial charge is 0.266 e. The quantitative estimate of drug-likeness (QED) is 0.498. The van der Waals surface area contributed by atoms with Crippen molar-refractivity contribution in [3.8, 4) is 17.2 Å². The molecule has 5 rings (SSSR count). The fourth-order valence-electron chi connectivity index (χ4n) is 4.68. The van der Waals surface area contributed by atoms with E-state index < -0.39 is 35.7 Å². The van der Waals surface area contributed by atoms with Gasteiger partial charge in [0.15, 0.2) is 17.6 Å². The van der Waals surface area contributed by atoms with Crippen LogP contribution in [0.15, 0.2) is 66.7 Å². The van der Waals surface area contributed by atoms with Crippen LogP contribution < -0.4 is 24.2 Å². The van der Waals surface area contributed by atoms with Crippen LogP contribution in [-0.4, -0.2) is 39.2 Å². The number of hydrogen-bond acceptors (Lipinski definition) is 7. The second-order valence-corrected chi connectivity index (χ2v) is 8.07. The number of amides is 2. The highest BCUT2D eigenvalue weighted by Gasteiger charge is 2.61. The lowest BCUT2D eigenvalue weighted by atomic mass is 9.89. The van der Waals surface area contributed by atoms with Crippen LogP contribution in [0.5, 0.6) is 17.2 Å². The standard InChI is InChI=1S/C26H23FN2O6/c1-32-19-14-21(34-3)20(33-2)13-16(19)23-22-24(35-29(23)15-9-5-4-6-10-15)26(31)28(25(22)30)18-12-8-7-11-17(18)27/h4-14,22-24H,1-3H3. The number of carbonyl (C=O) groups is 2. The van der Waals surface area contributed by atoms with Gasteiger partial charge in [-0.1, -0.05) is 30.3 Å². The molecule has 3 aromatic carbocycles. The first-order valence-corrected chi connectivity index (χ1v) is 10.9. The van der Waals surface area contributed by atoms with E-state index >= 15 is 0 Å². The molecule has 3 unspecified atom stereocenters. The van der Waals surface area contributed by atoms with Crippen LogP contribution in [-0.2, 0) is 14.4 Å². The molecule has 3 aromatic rings. The number of imide groups is 1. The number of para-hydroxylation sites is 2. The molecule has 180 valence electrons. The van der Waals surface area contributed by atoms with Gasteiger partial charge in [0, 0.05) is 11.6 Å². The zero-order chi connectivity index (χ0) is 24.7. The van der Waals surface area contributed by atoms with Crippen molar-refractivity contribution in [2.75, 3.05) is 31.3 Å². The van der Waals surface area contributed by atoms with E-state index in [4.69, 9.17) is 19.0 Å². The van der Waals surface area contributed by atoms with Crippen molar-refractivity contribution in [2.45, 2.75) is 12.1 Å². The van der Waals surface area contributed by atoms with Gasteiger partial charge >= 0.3 is 0 Å². The molecular weight excluding hydrogens is 455 g/mol. The predicted molar refractivity (Wildman–Crippen MR) is 125 cm³/mol. The fraction of sp³-hybridized carbons (Fsp3) is 0.231. The lowest BCUT2D eigenvalue weighted by Crippen LogP contribution is -2.38. The maximum atomic E-state index is 14.6. The highest BCUT2D eigenvalue weighted by molar-refractivity contribution is 6.24. The Morgan fingerprint density at radius 2 is 1.43 bits per heavy atom. The number of hydrogen-bond donors (Lipinski definition) is 0. The van der Waals surface area contributed by atoms with Crippen molar-refractivity contribution in [1.29, 1.82) is 0 Å². The van der Waals surface area contributed by atoms with Gasteiger partial charge < -0.3 is 14.2 Å². The molecule has 8 nitrogen and oxygen atoms in total. The Labute approximate surface area is 201 Å². The molecule has 0 N–H and O–H groups in total. The van der Waals surface area contributed by atoms with E-state index in [0.29, 0.717) is 28.5 Å². The number of anilines is 2. The minimum Gasteiger partial charge on any atom is -0.496 e. The summed E-state index contributed by atoms with van der Waals surface area (Å²) >= 11 is 0. The summed E-state index contributed by atoms with van der Waals surface area (Å²) < 4.78 is 31.1. The molecule has 2 aliphatic heterocycles. The average Bonchev–Trinajstić information content (AvgIpc) is 3.39. The number of hydroxylamine groups is 1. The molecule has 2 saturated heterocycles. The Kier molecular flexibility index (Phi) is 5.78. The van der Waals surface area contributed by atoms with E-state index in [0.717, 1.165) is 4.90 Å². The SMILES string of the molecule is COc1cc(OC)c(C2C3C(=O)N(c4ccccc4F)C(=O)C3ON2c2ccccc2)cc1OC. The number of halogens is 1. The van der Waals surface area contributed by atoms with Crippen molar-refractivity contribution < 1.29 is 33.0 Å². The lowest BCUT2D eigenvalue weighted by molar-refractivity contribution is -0.126. The summed E-state index contributed by atoms with van der Waals surface area (Å²) in [5.74, 6) is -1.55. The number of carbonyl (C=O) groups excluding carboxylic acids is 2. The number of ether oxygens (including phenoxy) is 3. The minimum atomic E-state index is -1.15. The van der Waals surface area contributed by atoms with Crippen LogP contribution in [0.3, 0.4) is 0 Å². The molecule has 0 saturated carbocycles. The molecule has 0 bridgehead atoms. The Morgan fingerprint density at radius 1 is 0.800 bits per heavy atom. The zero-order valence-electron chi connectivity index (χ0n) is 19.3. The summed E-state index contributed by atoms with van der Waals surface area (Å²) in [6.45, 7) is 0. The molecule has 9 heteroatoms. The molecule has 3 atom stereocenters. The third kappa shape index (κ3) is 3.55. The molecule has 2 fully saturated rings. The summed E-state index contributed by atoms with van der Waals surface area (Å²) in [4.78, 5) is 34.1. The summed E-state index contributed by atoms with van der Waals surface area (Å²) in [7, 11) is 4.51. The van der Waals surface area contributed by atoms with Gasteiger partial charge in [0.05, 0.1) is 32.7 Å². The number of nitrogens with zero attached hydrogens (tertiary/aromatic N) is 2. The first kappa shape index (κ1) is 22.7. The summed E-state index contributed by atoms with van der Waals surface area (Å²) in [5, 5.41) is 1.54. The highest BCUT2D eigenvalue weighted by atomic mass is 19.1. The Bertz CT molecular complexity index is 1280. The summed E-state index contributed by atoms with van der Waals surface area (Å²) in [6, 6.07) is 17.4. The third-order valence-corrected chi connectivity index (χ3v) is 6.27. The van der Waals surface area contributed by atoms with E-state index in [1.54, 1.807) is 18.2 Å². The maximum Gasteiger partial charge on any atom is 0.266 e. The van der Waals surface area contributed by atoms with Crippen molar-refractivity contribution >= 4 is 23.2 Å². The Balaban J connectivity index is 1.67. The van der Waals surface area contributed by atoms with Gasteiger partial charge in [0.25, 0.3) is 5.91 Å². The van der Waals surface area contributed by atoms with E-state index in [1.807, 2.05) is 30.3 Å². The lowest BCUT2D eigenvalue weighted by Gasteiger charge is -2.30. The topological polar surface area (TPSA) is 77.5 Å². The van der Waals surface area contributed by atoms with Crippen molar-refractivity contribution in [1.82, 2.24) is 0 Å². The molecule has 0 spiro atoms. The number of methoxy groups -OCH3 is 3. The van der Waals surface area contributed by atoms with E-state index in [-0.39, 0.29) is 5.69 Å². The van der Waals surface area contributed by atoms with Crippen LogP contribution in [0.4, 0.5) is 15.8 Å². The van der Waals surface area contributed by atoms with Gasteiger partial charge in [-0.25, -0.2) is 14.4 Å². The maximum absolute atomic E-state index is 14.6. The second kappa shape index (κ2) is 8.92. The molecule has 2 aliphatic rings. The molecule has 0 aromatic heterocycles. The normalized spacial score (nSPS) is 21.3. The monoisotopic (exact) mass is 478 g/mol. The second-order valence-electron chi connectivity index (χ2n) is 8.07. The van der Waals surface area contributed by atoms with Gasteiger partial charge in [0.2, 0.25) is 5.91 Å². The van der Waals surface area contributed by atoms with Crippen LogP contribution in [0, 0.1) is 11.7 Å².